The van der Waals surface area contributed by atoms with Gasteiger partial charge in [-0.2, -0.15) is 10.4 Å². The van der Waals surface area contributed by atoms with Crippen molar-refractivity contribution in [3.63, 3.8) is 0 Å². The van der Waals surface area contributed by atoms with Crippen molar-refractivity contribution in [1.29, 1.82) is 5.26 Å². The minimum atomic E-state index is -0.627. The number of pyridine rings is 1. The highest BCUT2D eigenvalue weighted by atomic mass is 16.6. The molecule has 0 radical (unpaired) electrons. The predicted molar refractivity (Wildman–Crippen MR) is 66.8 cm³/mol. The summed E-state index contributed by atoms with van der Waals surface area (Å²) in [5.41, 5.74) is 0.201. The van der Waals surface area contributed by atoms with Crippen molar-refractivity contribution >= 4 is 17.2 Å². The van der Waals surface area contributed by atoms with Crippen LogP contribution >= 0.6 is 0 Å². The third kappa shape index (κ3) is 2.50. The van der Waals surface area contributed by atoms with E-state index in [0.29, 0.717) is 12.2 Å². The van der Waals surface area contributed by atoms with E-state index in [1.54, 1.807) is 16.9 Å². The van der Waals surface area contributed by atoms with Gasteiger partial charge in [0.2, 0.25) is 5.82 Å². The van der Waals surface area contributed by atoms with Crippen molar-refractivity contribution in [2.24, 2.45) is 0 Å². The standard InChI is InChI=1S/C11H10N6O2/c1-2-16-7-9(6-14-16)15-11-10(17(18)19)8(5-12)3-4-13-11/h3-4,6-7H,2H2,1H3,(H,13,15). The fraction of sp³-hybridized carbons (Fsp3) is 0.182. The number of nitrogens with zero attached hydrogens (tertiary/aromatic N) is 5. The predicted octanol–water partition coefficient (Wildman–Crippen LogP) is 1.82. The molecule has 2 rings (SSSR count). The fourth-order valence-electron chi connectivity index (χ4n) is 1.56. The van der Waals surface area contributed by atoms with Crippen LogP contribution in [0.1, 0.15) is 12.5 Å². The smallest absolute Gasteiger partial charge is 0.329 e. The lowest BCUT2D eigenvalue weighted by Gasteiger charge is -2.04. The molecule has 0 saturated heterocycles. The van der Waals surface area contributed by atoms with E-state index >= 15 is 0 Å². The van der Waals surface area contributed by atoms with E-state index in [1.807, 2.05) is 6.92 Å². The molecule has 0 saturated carbocycles. The fourth-order valence-corrected chi connectivity index (χ4v) is 1.56. The largest absolute Gasteiger partial charge is 0.332 e. The first-order valence-electron chi connectivity index (χ1n) is 5.48. The zero-order chi connectivity index (χ0) is 13.8. The van der Waals surface area contributed by atoms with Gasteiger partial charge in [0.25, 0.3) is 0 Å². The van der Waals surface area contributed by atoms with Crippen LogP contribution in [0, 0.1) is 21.4 Å². The van der Waals surface area contributed by atoms with Gasteiger partial charge in [0.1, 0.15) is 11.6 Å². The molecule has 8 nitrogen and oxygen atoms in total. The number of nitrogens with one attached hydrogen (secondary N) is 1. The molecule has 96 valence electrons. The number of nitro groups is 1. The Hall–Kier alpha value is -2.95. The molecule has 8 heteroatoms. The molecule has 1 N–H and O–H groups in total. The van der Waals surface area contributed by atoms with Gasteiger partial charge in [-0.15, -0.1) is 0 Å². The molecule has 0 amide bonds. The second kappa shape index (κ2) is 5.14. The highest BCUT2D eigenvalue weighted by Crippen LogP contribution is 2.28. The zero-order valence-electron chi connectivity index (χ0n) is 10.1. The summed E-state index contributed by atoms with van der Waals surface area (Å²) in [6, 6.07) is 3.08. The van der Waals surface area contributed by atoms with Crippen molar-refractivity contribution in [3.8, 4) is 6.07 Å². The van der Waals surface area contributed by atoms with E-state index in [9.17, 15) is 10.1 Å². The monoisotopic (exact) mass is 258 g/mol. The average Bonchev–Trinajstić information content (AvgIpc) is 2.85. The molecule has 0 aliphatic heterocycles. The molecule has 2 aromatic heterocycles. The molecule has 19 heavy (non-hydrogen) atoms. The van der Waals surface area contributed by atoms with E-state index < -0.39 is 4.92 Å². The van der Waals surface area contributed by atoms with Crippen molar-refractivity contribution in [3.05, 3.63) is 40.3 Å². The van der Waals surface area contributed by atoms with Crippen molar-refractivity contribution in [2.45, 2.75) is 13.5 Å². The normalized spacial score (nSPS) is 9.89. The van der Waals surface area contributed by atoms with E-state index in [0.717, 1.165) is 0 Å². The van der Waals surface area contributed by atoms with Crippen LogP contribution in [0.2, 0.25) is 0 Å². The molecule has 0 aromatic carbocycles. The molecule has 0 spiro atoms. The Kier molecular flexibility index (Phi) is 3.38. The maximum atomic E-state index is 11.0. The summed E-state index contributed by atoms with van der Waals surface area (Å²) in [5.74, 6) is 0.0275. The molecule has 0 aliphatic rings. The van der Waals surface area contributed by atoms with Crippen molar-refractivity contribution < 1.29 is 4.92 Å². The van der Waals surface area contributed by atoms with Gasteiger partial charge in [0, 0.05) is 18.9 Å². The number of hydrogen-bond donors (Lipinski definition) is 1. The first-order valence-corrected chi connectivity index (χ1v) is 5.48. The molecule has 0 fully saturated rings. The lowest BCUT2D eigenvalue weighted by Crippen LogP contribution is -2.01. The van der Waals surface area contributed by atoms with Gasteiger partial charge in [-0.1, -0.05) is 0 Å². The molecular formula is C11H10N6O2. The van der Waals surface area contributed by atoms with Gasteiger partial charge in [0.15, 0.2) is 0 Å². The van der Waals surface area contributed by atoms with Gasteiger partial charge in [-0.25, -0.2) is 4.98 Å². The Morgan fingerprint density at radius 3 is 3.00 bits per heavy atom. The van der Waals surface area contributed by atoms with Gasteiger partial charge < -0.3 is 5.32 Å². The summed E-state index contributed by atoms with van der Waals surface area (Å²) >= 11 is 0. The number of aryl methyl sites for hydroxylation is 1. The van der Waals surface area contributed by atoms with E-state index in [4.69, 9.17) is 5.26 Å². The van der Waals surface area contributed by atoms with Gasteiger partial charge in [-0.3, -0.25) is 14.8 Å². The lowest BCUT2D eigenvalue weighted by molar-refractivity contribution is -0.384. The maximum Gasteiger partial charge on any atom is 0.329 e. The van der Waals surface area contributed by atoms with Crippen LogP contribution in [0.25, 0.3) is 0 Å². The Balaban J connectivity index is 2.40. The molecule has 0 atom stereocenters. The highest BCUT2D eigenvalue weighted by molar-refractivity contribution is 5.69. The summed E-state index contributed by atoms with van der Waals surface area (Å²) in [4.78, 5) is 14.3. The molecule has 2 aromatic rings. The highest BCUT2D eigenvalue weighted by Gasteiger charge is 2.21. The van der Waals surface area contributed by atoms with Gasteiger partial charge in [-0.05, 0) is 13.0 Å². The average molecular weight is 258 g/mol. The summed E-state index contributed by atoms with van der Waals surface area (Å²) in [6.45, 7) is 2.61. The number of aromatic nitrogens is 3. The number of rotatable bonds is 4. The van der Waals surface area contributed by atoms with Crippen LogP contribution in [0.15, 0.2) is 24.7 Å². The van der Waals surface area contributed by atoms with E-state index in [1.165, 1.54) is 18.5 Å². The molecular weight excluding hydrogens is 248 g/mol. The molecule has 0 bridgehead atoms. The lowest BCUT2D eigenvalue weighted by atomic mass is 10.2. The molecule has 0 unspecified atom stereocenters. The summed E-state index contributed by atoms with van der Waals surface area (Å²) in [5, 5.41) is 26.7. The summed E-state index contributed by atoms with van der Waals surface area (Å²) in [6.07, 6.45) is 4.58. The third-order valence-corrected chi connectivity index (χ3v) is 2.45. The maximum absolute atomic E-state index is 11.0. The number of hydrogen-bond acceptors (Lipinski definition) is 6. The second-order valence-electron chi connectivity index (χ2n) is 3.63. The number of anilines is 2. The SMILES string of the molecule is CCn1cc(Nc2nccc(C#N)c2[N+](=O)[O-])cn1. The van der Waals surface area contributed by atoms with Crippen LogP contribution in [-0.2, 0) is 6.54 Å². The first kappa shape index (κ1) is 12.5. The quantitative estimate of drug-likeness (QED) is 0.661. The Morgan fingerprint density at radius 2 is 2.42 bits per heavy atom. The summed E-state index contributed by atoms with van der Waals surface area (Å²) < 4.78 is 1.67. The van der Waals surface area contributed by atoms with Crippen LogP contribution in [0.3, 0.4) is 0 Å². The minimum absolute atomic E-state index is 0.0275. The molecule has 0 aliphatic carbocycles. The molecule has 2 heterocycles. The Bertz CT molecular complexity index is 657. The van der Waals surface area contributed by atoms with Crippen LogP contribution < -0.4 is 5.32 Å². The topological polar surface area (TPSA) is 110 Å². The van der Waals surface area contributed by atoms with Gasteiger partial charge in [0.05, 0.1) is 16.8 Å². The zero-order valence-corrected chi connectivity index (χ0v) is 10.1. The van der Waals surface area contributed by atoms with Gasteiger partial charge >= 0.3 is 5.69 Å². The Morgan fingerprint density at radius 1 is 1.63 bits per heavy atom. The van der Waals surface area contributed by atoms with Crippen molar-refractivity contribution in [1.82, 2.24) is 14.8 Å². The number of nitriles is 1. The summed E-state index contributed by atoms with van der Waals surface area (Å²) in [7, 11) is 0. The first-order chi connectivity index (χ1) is 9.15. The minimum Gasteiger partial charge on any atom is -0.332 e. The van der Waals surface area contributed by atoms with Crippen LogP contribution in [-0.4, -0.2) is 19.7 Å². The van der Waals surface area contributed by atoms with Crippen LogP contribution in [0.4, 0.5) is 17.2 Å². The Labute approximate surface area is 108 Å². The van der Waals surface area contributed by atoms with Crippen molar-refractivity contribution in [2.75, 3.05) is 5.32 Å². The second-order valence-corrected chi connectivity index (χ2v) is 3.63. The van der Waals surface area contributed by atoms with E-state index in [2.05, 4.69) is 15.4 Å². The third-order valence-electron chi connectivity index (χ3n) is 2.45. The van der Waals surface area contributed by atoms with Crippen LogP contribution in [0.5, 0.6) is 0 Å². The van der Waals surface area contributed by atoms with E-state index in [-0.39, 0.29) is 17.1 Å².